The molecule has 1 aliphatic heterocycles. The van der Waals surface area contributed by atoms with Gasteiger partial charge in [0, 0.05) is 19.6 Å². The van der Waals surface area contributed by atoms with Crippen LogP contribution >= 0.6 is 0 Å². The predicted octanol–water partition coefficient (Wildman–Crippen LogP) is 0.106. The second-order valence-electron chi connectivity index (χ2n) is 4.14. The first-order valence-electron chi connectivity index (χ1n) is 5.44. The number of nitrogens with zero attached hydrogens (tertiary/aromatic N) is 5. The number of aryl methyl sites for hydroxylation is 1. The van der Waals surface area contributed by atoms with Gasteiger partial charge in [-0.15, -0.1) is 0 Å². The van der Waals surface area contributed by atoms with E-state index in [1.807, 2.05) is 7.05 Å². The number of piperidine rings is 1. The van der Waals surface area contributed by atoms with Crippen LogP contribution in [0.15, 0.2) is 0 Å². The number of hydrogen-bond acceptors (Lipinski definition) is 5. The number of likely N-dealkylation sites (tertiary alicyclic amines) is 1. The maximum Gasteiger partial charge on any atom is 0.242 e. The molecular weight excluding hydrogens is 192 g/mol. The third kappa shape index (κ3) is 2.44. The van der Waals surface area contributed by atoms with Gasteiger partial charge < -0.3 is 10.2 Å². The molecule has 0 radical (unpaired) electrons. The lowest BCUT2D eigenvalue weighted by Crippen LogP contribution is -2.41. The van der Waals surface area contributed by atoms with Crippen LogP contribution in [0.4, 0.5) is 5.95 Å². The van der Waals surface area contributed by atoms with Crippen LogP contribution < -0.4 is 5.32 Å². The molecule has 1 fully saturated rings. The second kappa shape index (κ2) is 4.57. The van der Waals surface area contributed by atoms with Gasteiger partial charge in [0.2, 0.25) is 5.95 Å². The summed E-state index contributed by atoms with van der Waals surface area (Å²) in [6.45, 7) is 2.12. The molecule has 0 spiro atoms. The van der Waals surface area contributed by atoms with Gasteiger partial charge in [0.1, 0.15) is 0 Å². The fourth-order valence-corrected chi connectivity index (χ4v) is 1.99. The van der Waals surface area contributed by atoms with Gasteiger partial charge in [-0.1, -0.05) is 11.5 Å². The molecule has 1 aliphatic rings. The molecule has 1 aromatic rings. The lowest BCUT2D eigenvalue weighted by molar-refractivity contribution is 0.194. The largest absolute Gasteiger partial charge is 0.352 e. The van der Waals surface area contributed by atoms with Crippen LogP contribution in [0.5, 0.6) is 0 Å². The lowest BCUT2D eigenvalue weighted by Gasteiger charge is -2.32. The second-order valence-corrected chi connectivity index (χ2v) is 4.14. The van der Waals surface area contributed by atoms with E-state index in [9.17, 15) is 0 Å². The molecule has 2 rings (SSSR count). The van der Waals surface area contributed by atoms with E-state index < -0.39 is 0 Å². The number of tetrazole rings is 1. The van der Waals surface area contributed by atoms with Crippen molar-refractivity contribution < 1.29 is 0 Å². The highest BCUT2D eigenvalue weighted by Gasteiger charge is 2.18. The van der Waals surface area contributed by atoms with Gasteiger partial charge in [-0.25, -0.2) is 4.68 Å². The fraction of sp³-hybridized carbons (Fsp3) is 0.889. The van der Waals surface area contributed by atoms with Crippen molar-refractivity contribution in [1.82, 2.24) is 25.1 Å². The van der Waals surface area contributed by atoms with E-state index >= 15 is 0 Å². The highest BCUT2D eigenvalue weighted by molar-refractivity contribution is 5.21. The minimum atomic E-state index is 0.607. The summed E-state index contributed by atoms with van der Waals surface area (Å²) in [5.41, 5.74) is 0. The van der Waals surface area contributed by atoms with Gasteiger partial charge in [-0.3, -0.25) is 0 Å². The van der Waals surface area contributed by atoms with Gasteiger partial charge >= 0.3 is 0 Å². The van der Waals surface area contributed by atoms with Gasteiger partial charge in [0.05, 0.1) is 0 Å². The summed E-state index contributed by atoms with van der Waals surface area (Å²) in [7, 11) is 4.02. The van der Waals surface area contributed by atoms with Crippen molar-refractivity contribution in [1.29, 1.82) is 0 Å². The van der Waals surface area contributed by atoms with Crippen LogP contribution in [0.25, 0.3) is 0 Å². The van der Waals surface area contributed by atoms with E-state index in [0.717, 1.165) is 12.5 Å². The number of nitrogens with one attached hydrogen (secondary N) is 1. The zero-order chi connectivity index (χ0) is 10.7. The first-order valence-corrected chi connectivity index (χ1v) is 5.44. The Labute approximate surface area is 89.6 Å². The molecule has 1 aromatic heterocycles. The zero-order valence-corrected chi connectivity index (χ0v) is 9.35. The summed E-state index contributed by atoms with van der Waals surface area (Å²) in [6, 6.07) is 0.607. The molecule has 2 heterocycles. The summed E-state index contributed by atoms with van der Waals surface area (Å²) in [5.74, 6) is 0.744. The van der Waals surface area contributed by atoms with Crippen LogP contribution in [0, 0.1) is 0 Å². The minimum absolute atomic E-state index is 0.607. The van der Waals surface area contributed by atoms with Gasteiger partial charge in [0.25, 0.3) is 0 Å². The fourth-order valence-electron chi connectivity index (χ4n) is 1.99. The van der Waals surface area contributed by atoms with Crippen LogP contribution in [0.3, 0.4) is 0 Å². The summed E-state index contributed by atoms with van der Waals surface area (Å²) in [5, 5.41) is 14.5. The Morgan fingerprint density at radius 1 is 1.40 bits per heavy atom. The molecular formula is C9H18N6. The Kier molecular flexibility index (Phi) is 3.15. The van der Waals surface area contributed by atoms with Crippen LogP contribution in [0.2, 0.25) is 0 Å². The van der Waals surface area contributed by atoms with E-state index in [2.05, 4.69) is 32.8 Å². The molecule has 0 amide bonds. The van der Waals surface area contributed by atoms with Gasteiger partial charge in [-0.05, 0) is 36.9 Å². The third-order valence-electron chi connectivity index (χ3n) is 3.04. The van der Waals surface area contributed by atoms with E-state index in [4.69, 9.17) is 0 Å². The topological polar surface area (TPSA) is 58.9 Å². The molecule has 0 bridgehead atoms. The summed E-state index contributed by atoms with van der Waals surface area (Å²) < 4.78 is 1.66. The smallest absolute Gasteiger partial charge is 0.242 e. The highest BCUT2D eigenvalue weighted by atomic mass is 15.6. The number of likely N-dealkylation sites (N-methyl/N-ethyl adjacent to an activating group) is 1. The molecule has 1 atom stereocenters. The van der Waals surface area contributed by atoms with Crippen LogP contribution in [0.1, 0.15) is 19.3 Å². The zero-order valence-electron chi connectivity index (χ0n) is 9.35. The SMILES string of the molecule is CN1CCCCC1CNc1nnnn1C. The quantitative estimate of drug-likeness (QED) is 0.767. The van der Waals surface area contributed by atoms with Crippen LogP contribution in [-0.4, -0.2) is 51.3 Å². The Bertz CT molecular complexity index is 309. The highest BCUT2D eigenvalue weighted by Crippen LogP contribution is 2.15. The standard InChI is InChI=1S/C9H18N6/c1-14-6-4-3-5-8(14)7-10-9-11-12-13-15(9)2/h8H,3-7H2,1-2H3,(H,10,11,13). The van der Waals surface area contributed by atoms with E-state index in [1.54, 1.807) is 4.68 Å². The molecule has 0 aliphatic carbocycles. The van der Waals surface area contributed by atoms with Gasteiger partial charge in [-0.2, -0.15) is 0 Å². The maximum absolute atomic E-state index is 3.90. The molecule has 15 heavy (non-hydrogen) atoms. The molecule has 0 saturated carbocycles. The summed E-state index contributed by atoms with van der Waals surface area (Å²) in [6.07, 6.45) is 3.90. The normalized spacial score (nSPS) is 22.9. The molecule has 6 nitrogen and oxygen atoms in total. The molecule has 84 valence electrons. The number of aromatic nitrogens is 4. The maximum atomic E-state index is 3.90. The molecule has 1 N–H and O–H groups in total. The molecule has 1 saturated heterocycles. The predicted molar refractivity (Wildman–Crippen MR) is 57.6 cm³/mol. The first-order chi connectivity index (χ1) is 7.27. The van der Waals surface area contributed by atoms with Crippen molar-refractivity contribution in [3.63, 3.8) is 0 Å². The van der Waals surface area contributed by atoms with Gasteiger partial charge in [0.15, 0.2) is 0 Å². The van der Waals surface area contributed by atoms with Crippen LogP contribution in [-0.2, 0) is 7.05 Å². The van der Waals surface area contributed by atoms with Crippen molar-refractivity contribution in [2.75, 3.05) is 25.5 Å². The van der Waals surface area contributed by atoms with Crippen molar-refractivity contribution >= 4 is 5.95 Å². The first kappa shape index (κ1) is 10.4. The average Bonchev–Trinajstić information content (AvgIpc) is 2.63. The Hall–Kier alpha value is -1.17. The Morgan fingerprint density at radius 3 is 2.93 bits per heavy atom. The molecule has 6 heteroatoms. The van der Waals surface area contributed by atoms with Crippen molar-refractivity contribution in [3.05, 3.63) is 0 Å². The number of hydrogen-bond donors (Lipinski definition) is 1. The number of rotatable bonds is 3. The average molecular weight is 210 g/mol. The third-order valence-corrected chi connectivity index (χ3v) is 3.04. The van der Waals surface area contributed by atoms with Crippen molar-refractivity contribution in [2.45, 2.75) is 25.3 Å². The molecule has 1 unspecified atom stereocenters. The Morgan fingerprint density at radius 2 is 2.27 bits per heavy atom. The Balaban J connectivity index is 1.84. The molecule has 0 aromatic carbocycles. The summed E-state index contributed by atoms with van der Waals surface area (Å²) in [4.78, 5) is 2.40. The van der Waals surface area contributed by atoms with Crippen molar-refractivity contribution in [3.8, 4) is 0 Å². The van der Waals surface area contributed by atoms with E-state index in [1.165, 1.54) is 25.8 Å². The monoisotopic (exact) mass is 210 g/mol. The lowest BCUT2D eigenvalue weighted by atomic mass is 10.0. The summed E-state index contributed by atoms with van der Waals surface area (Å²) >= 11 is 0. The van der Waals surface area contributed by atoms with E-state index in [-0.39, 0.29) is 0 Å². The minimum Gasteiger partial charge on any atom is -0.352 e. The van der Waals surface area contributed by atoms with E-state index in [0.29, 0.717) is 6.04 Å². The number of anilines is 1. The van der Waals surface area contributed by atoms with Crippen molar-refractivity contribution in [2.24, 2.45) is 7.05 Å².